The Labute approximate surface area is 150 Å². The Morgan fingerprint density at radius 2 is 2.16 bits per heavy atom. The third kappa shape index (κ3) is 2.66. The fourth-order valence-corrected chi connectivity index (χ4v) is 6.17. The molecule has 136 valence electrons. The highest BCUT2D eigenvalue weighted by atomic mass is 35.5. The van der Waals surface area contributed by atoms with Crippen molar-refractivity contribution in [1.82, 2.24) is 19.5 Å². The van der Waals surface area contributed by atoms with Gasteiger partial charge in [-0.2, -0.15) is 9.97 Å². The van der Waals surface area contributed by atoms with Crippen molar-refractivity contribution in [3.63, 3.8) is 0 Å². The van der Waals surface area contributed by atoms with Gasteiger partial charge in [0.25, 0.3) is 0 Å². The number of imidazole rings is 1. The lowest BCUT2D eigenvalue weighted by molar-refractivity contribution is -0.0126. The first-order valence-corrected chi connectivity index (χ1v) is 10.9. The van der Waals surface area contributed by atoms with Crippen molar-refractivity contribution in [2.45, 2.75) is 24.7 Å². The normalized spacial score (nSPS) is 34.4. The van der Waals surface area contributed by atoms with E-state index in [-0.39, 0.29) is 22.8 Å². The van der Waals surface area contributed by atoms with E-state index >= 15 is 0 Å². The van der Waals surface area contributed by atoms with E-state index in [4.69, 9.17) is 27.1 Å². The maximum Gasteiger partial charge on any atom is 0.384 e. The molecule has 4 rings (SSSR count). The van der Waals surface area contributed by atoms with Gasteiger partial charge >= 0.3 is 6.80 Å². The van der Waals surface area contributed by atoms with Crippen LogP contribution in [0.5, 0.6) is 0 Å². The largest absolute Gasteiger partial charge is 0.390 e. The number of nitrogen functional groups attached to an aromatic ring is 1. The first-order chi connectivity index (χ1) is 11.6. The van der Waals surface area contributed by atoms with E-state index in [2.05, 4.69) is 15.0 Å². The summed E-state index contributed by atoms with van der Waals surface area (Å²) in [6, 6.07) is -0.539. The summed E-state index contributed by atoms with van der Waals surface area (Å²) < 4.78 is 12.8. The zero-order valence-electron chi connectivity index (χ0n) is 12.6. The van der Waals surface area contributed by atoms with E-state index in [1.54, 1.807) is 4.57 Å². The molecule has 2 saturated carbocycles. The zero-order valence-corrected chi connectivity index (χ0v) is 15.1. The molecule has 2 aromatic rings. The molecule has 0 spiro atoms. The molecule has 13 heteroatoms. The topological polar surface area (TPSA) is 168 Å². The van der Waals surface area contributed by atoms with Crippen molar-refractivity contribution in [2.75, 3.05) is 11.5 Å². The molecule has 2 fully saturated rings. The van der Waals surface area contributed by atoms with Crippen LogP contribution in [0.3, 0.4) is 0 Å². The quantitative estimate of drug-likeness (QED) is 0.348. The van der Waals surface area contributed by atoms with Gasteiger partial charge in [-0.05, 0) is 35.3 Å². The maximum atomic E-state index is 11.1. The SMILES string of the molecule is Nc1nc(Cl)nc2c1ncn2[C@H]1[C@H](O)[C@H](O)C2(CSP(=O)(O)O)C[C@H]12. The van der Waals surface area contributed by atoms with Gasteiger partial charge in [0.2, 0.25) is 5.28 Å². The monoisotopic (exact) mass is 407 g/mol. The van der Waals surface area contributed by atoms with Crippen molar-refractivity contribution < 1.29 is 24.6 Å². The number of anilines is 1. The average molecular weight is 408 g/mol. The zero-order chi connectivity index (χ0) is 18.1. The van der Waals surface area contributed by atoms with Crippen LogP contribution in [0.2, 0.25) is 5.28 Å². The van der Waals surface area contributed by atoms with Gasteiger partial charge in [0.05, 0.1) is 18.5 Å². The number of halogens is 1. The minimum atomic E-state index is -4.26. The molecule has 2 aromatic heterocycles. The van der Waals surface area contributed by atoms with Crippen LogP contribution in [0.1, 0.15) is 12.5 Å². The average Bonchev–Trinajstić information content (AvgIpc) is 3.01. The Hall–Kier alpha value is -0.940. The van der Waals surface area contributed by atoms with Gasteiger partial charge in [0, 0.05) is 11.2 Å². The van der Waals surface area contributed by atoms with E-state index in [0.717, 1.165) is 0 Å². The third-order valence-electron chi connectivity index (χ3n) is 5.10. The minimum Gasteiger partial charge on any atom is -0.390 e. The van der Waals surface area contributed by atoms with E-state index in [1.165, 1.54) is 6.33 Å². The summed E-state index contributed by atoms with van der Waals surface area (Å²) >= 11 is 6.34. The van der Waals surface area contributed by atoms with Crippen LogP contribution in [-0.4, -0.2) is 57.5 Å². The summed E-state index contributed by atoms with van der Waals surface area (Å²) in [5, 5.41) is 20.9. The Kier molecular flexibility index (Phi) is 3.86. The van der Waals surface area contributed by atoms with Gasteiger partial charge in [-0.15, -0.1) is 0 Å². The van der Waals surface area contributed by atoms with Crippen LogP contribution < -0.4 is 5.73 Å². The second-order valence-corrected chi connectivity index (χ2v) is 10.5. The molecule has 0 aromatic carbocycles. The number of rotatable bonds is 4. The summed E-state index contributed by atoms with van der Waals surface area (Å²) in [6.45, 7) is -4.26. The maximum absolute atomic E-state index is 11.1. The molecule has 2 aliphatic carbocycles. The van der Waals surface area contributed by atoms with Crippen molar-refractivity contribution in [1.29, 1.82) is 0 Å². The molecule has 0 radical (unpaired) electrons. The van der Waals surface area contributed by atoms with Gasteiger partial charge in [0.15, 0.2) is 11.5 Å². The first-order valence-electron chi connectivity index (χ1n) is 7.36. The number of fused-ring (bicyclic) bond motifs is 2. The van der Waals surface area contributed by atoms with Crippen molar-refractivity contribution >= 4 is 46.8 Å². The number of hydrogen-bond acceptors (Lipinski definition) is 8. The molecule has 2 aliphatic rings. The van der Waals surface area contributed by atoms with Gasteiger partial charge < -0.3 is 30.3 Å². The number of aliphatic hydroxyl groups excluding tert-OH is 2. The minimum absolute atomic E-state index is 0.0566. The number of nitrogens with two attached hydrogens (primary N) is 1. The molecule has 0 amide bonds. The predicted molar refractivity (Wildman–Crippen MR) is 90.8 cm³/mol. The van der Waals surface area contributed by atoms with Crippen LogP contribution >= 0.6 is 29.8 Å². The lowest BCUT2D eigenvalue weighted by Gasteiger charge is -2.24. The first kappa shape index (κ1) is 17.5. The van der Waals surface area contributed by atoms with Gasteiger partial charge in [-0.3, -0.25) is 0 Å². The molecule has 1 unspecified atom stereocenters. The Bertz CT molecular complexity index is 907. The standard InChI is InChI=1S/C12H15ClN5O5PS/c13-11-16-9(14)5-10(17-11)18(3-15-5)6-4-1-12(4,8(20)7(6)19)2-25-24(21,22)23/h3-4,6-8,19-20H,1-2H2,(H2,14,16,17)(H2,21,22,23)/t4-,6-,7+,8+,12?/m1/s1. The summed E-state index contributed by atoms with van der Waals surface area (Å²) in [7, 11) is 0. The summed E-state index contributed by atoms with van der Waals surface area (Å²) in [5.74, 6) is 0.00563. The Morgan fingerprint density at radius 1 is 1.44 bits per heavy atom. The molecule has 0 aliphatic heterocycles. The van der Waals surface area contributed by atoms with Gasteiger partial charge in [-0.25, -0.2) is 9.55 Å². The van der Waals surface area contributed by atoms with Crippen LogP contribution in [-0.2, 0) is 4.57 Å². The Balaban J connectivity index is 1.70. The highest BCUT2D eigenvalue weighted by Gasteiger charge is 2.71. The predicted octanol–water partition coefficient (Wildman–Crippen LogP) is 0.171. The van der Waals surface area contributed by atoms with Crippen LogP contribution in [0.4, 0.5) is 5.82 Å². The molecular formula is C12H15ClN5O5PS. The fraction of sp³-hybridized carbons (Fsp3) is 0.583. The molecule has 2 heterocycles. The second kappa shape index (κ2) is 5.53. The van der Waals surface area contributed by atoms with Crippen LogP contribution in [0.25, 0.3) is 11.2 Å². The number of nitrogens with zero attached hydrogens (tertiary/aromatic N) is 4. The fourth-order valence-electron chi connectivity index (χ4n) is 3.86. The molecule has 0 saturated heterocycles. The highest BCUT2D eigenvalue weighted by molar-refractivity contribution is 8.54. The van der Waals surface area contributed by atoms with E-state index in [1.807, 2.05) is 0 Å². The smallest absolute Gasteiger partial charge is 0.384 e. The van der Waals surface area contributed by atoms with Gasteiger partial charge in [0.1, 0.15) is 11.6 Å². The lowest BCUT2D eigenvalue weighted by Crippen LogP contribution is -2.35. The Morgan fingerprint density at radius 3 is 2.84 bits per heavy atom. The van der Waals surface area contributed by atoms with Crippen LogP contribution in [0, 0.1) is 11.3 Å². The molecule has 0 bridgehead atoms. The summed E-state index contributed by atoms with van der Waals surface area (Å²) in [4.78, 5) is 30.3. The summed E-state index contributed by atoms with van der Waals surface area (Å²) in [5.41, 5.74) is 5.73. The second-order valence-electron chi connectivity index (χ2n) is 6.44. The molecule has 25 heavy (non-hydrogen) atoms. The number of hydrogen-bond donors (Lipinski definition) is 5. The molecule has 6 N–H and O–H groups in total. The van der Waals surface area contributed by atoms with E-state index < -0.39 is 30.5 Å². The van der Waals surface area contributed by atoms with Gasteiger partial charge in [-0.1, -0.05) is 0 Å². The van der Waals surface area contributed by atoms with E-state index in [9.17, 15) is 14.8 Å². The molecular weight excluding hydrogens is 393 g/mol. The van der Waals surface area contributed by atoms with Crippen molar-refractivity contribution in [3.05, 3.63) is 11.6 Å². The van der Waals surface area contributed by atoms with Crippen molar-refractivity contribution in [3.8, 4) is 0 Å². The summed E-state index contributed by atoms with van der Waals surface area (Å²) in [6.07, 6.45) is -0.231. The third-order valence-corrected chi connectivity index (χ3v) is 7.67. The van der Waals surface area contributed by atoms with Crippen molar-refractivity contribution in [2.24, 2.45) is 11.3 Å². The molecule has 5 atom stereocenters. The number of aromatic nitrogens is 4. The number of aliphatic hydroxyl groups is 2. The highest BCUT2D eigenvalue weighted by Crippen LogP contribution is 2.71. The van der Waals surface area contributed by atoms with Crippen LogP contribution in [0.15, 0.2) is 6.33 Å². The van der Waals surface area contributed by atoms with E-state index in [0.29, 0.717) is 29.0 Å². The molecule has 10 nitrogen and oxygen atoms in total. The lowest BCUT2D eigenvalue weighted by atomic mass is 10.0.